The van der Waals surface area contributed by atoms with Crippen molar-refractivity contribution in [3.8, 4) is 0 Å². The predicted molar refractivity (Wildman–Crippen MR) is 98.2 cm³/mol. The Morgan fingerprint density at radius 2 is 1.95 bits per heavy atom. The van der Waals surface area contributed by atoms with Gasteiger partial charge >= 0.3 is 0 Å². The molecule has 0 spiro atoms. The van der Waals surface area contributed by atoms with Gasteiger partial charge in [0.05, 0.1) is 5.69 Å². The summed E-state index contributed by atoms with van der Waals surface area (Å²) in [5.41, 5.74) is 2.62. The van der Waals surface area contributed by atoms with Gasteiger partial charge in [-0.05, 0) is 53.3 Å². The molecule has 1 saturated heterocycles. The average Bonchev–Trinajstić information content (AvgIpc) is 2.49. The van der Waals surface area contributed by atoms with Crippen molar-refractivity contribution in [1.82, 2.24) is 5.32 Å². The molecule has 0 aliphatic carbocycles. The summed E-state index contributed by atoms with van der Waals surface area (Å²) >= 11 is 8.45. The number of piperazine rings is 1. The summed E-state index contributed by atoms with van der Waals surface area (Å²) in [5, 5.41) is 4.44. The fraction of sp³-hybridized carbons (Fsp3) is 0.294. The zero-order chi connectivity index (χ0) is 14.8. The number of rotatable bonds is 2. The van der Waals surface area contributed by atoms with Gasteiger partial charge in [0.1, 0.15) is 0 Å². The van der Waals surface area contributed by atoms with E-state index in [4.69, 9.17) is 11.6 Å². The smallest absolute Gasteiger partial charge is 0.0506 e. The van der Waals surface area contributed by atoms with E-state index in [1.54, 1.807) is 0 Å². The molecule has 2 unspecified atom stereocenters. The monoisotopic (exact) mass is 412 g/mol. The van der Waals surface area contributed by atoms with Gasteiger partial charge < -0.3 is 10.2 Å². The summed E-state index contributed by atoms with van der Waals surface area (Å²) in [4.78, 5) is 2.48. The van der Waals surface area contributed by atoms with Crippen LogP contribution >= 0.6 is 34.2 Å². The highest BCUT2D eigenvalue weighted by atomic mass is 127. The molecule has 2 aromatic rings. The number of hydrogen-bond donors (Lipinski definition) is 1. The molecule has 0 radical (unpaired) electrons. The first kappa shape index (κ1) is 15.1. The molecule has 2 aromatic carbocycles. The molecule has 4 heteroatoms. The van der Waals surface area contributed by atoms with Gasteiger partial charge in [-0.15, -0.1) is 0 Å². The molecule has 21 heavy (non-hydrogen) atoms. The van der Waals surface area contributed by atoms with Crippen molar-refractivity contribution in [2.75, 3.05) is 18.0 Å². The van der Waals surface area contributed by atoms with Gasteiger partial charge in [0.25, 0.3) is 0 Å². The first-order valence-corrected chi connectivity index (χ1v) is 8.61. The highest BCUT2D eigenvalue weighted by Gasteiger charge is 2.27. The maximum Gasteiger partial charge on any atom is 0.0506 e. The third-order valence-corrected chi connectivity index (χ3v) is 5.09. The lowest BCUT2D eigenvalue weighted by Crippen LogP contribution is -2.51. The third-order valence-electron chi connectivity index (χ3n) is 3.99. The van der Waals surface area contributed by atoms with Crippen molar-refractivity contribution >= 4 is 39.9 Å². The van der Waals surface area contributed by atoms with Crippen LogP contribution in [0.25, 0.3) is 0 Å². The van der Waals surface area contributed by atoms with E-state index in [-0.39, 0.29) is 0 Å². The van der Waals surface area contributed by atoms with Gasteiger partial charge in [-0.2, -0.15) is 0 Å². The van der Waals surface area contributed by atoms with E-state index in [1.165, 1.54) is 14.8 Å². The van der Waals surface area contributed by atoms with Crippen LogP contribution in [0.1, 0.15) is 18.5 Å². The molecular formula is C17H18ClIN2. The Morgan fingerprint density at radius 3 is 2.67 bits per heavy atom. The normalized spacial score (nSPS) is 22.3. The van der Waals surface area contributed by atoms with Crippen LogP contribution in [0.4, 0.5) is 5.69 Å². The fourth-order valence-electron chi connectivity index (χ4n) is 2.82. The molecule has 1 N–H and O–H groups in total. The van der Waals surface area contributed by atoms with E-state index in [0.29, 0.717) is 12.1 Å². The van der Waals surface area contributed by atoms with Crippen LogP contribution in [0.15, 0.2) is 48.5 Å². The third kappa shape index (κ3) is 3.35. The van der Waals surface area contributed by atoms with E-state index in [1.807, 2.05) is 12.1 Å². The van der Waals surface area contributed by atoms with E-state index in [0.717, 1.165) is 18.1 Å². The standard InChI is InChI=1S/C17H18ClIN2/c1-12-10-20-16(13-5-3-2-4-6-13)11-21(12)17-8-7-14(18)9-15(17)19/h2-9,12,16,20H,10-11H2,1H3. The summed E-state index contributed by atoms with van der Waals surface area (Å²) < 4.78 is 1.21. The summed E-state index contributed by atoms with van der Waals surface area (Å²) in [6.45, 7) is 4.22. The molecule has 0 aromatic heterocycles. The van der Waals surface area contributed by atoms with E-state index >= 15 is 0 Å². The maximum atomic E-state index is 6.08. The molecule has 110 valence electrons. The van der Waals surface area contributed by atoms with Gasteiger partial charge in [0.2, 0.25) is 0 Å². The van der Waals surface area contributed by atoms with Crippen LogP contribution in [0.5, 0.6) is 0 Å². The molecule has 0 bridgehead atoms. The van der Waals surface area contributed by atoms with Gasteiger partial charge in [-0.25, -0.2) is 0 Å². The van der Waals surface area contributed by atoms with Crippen molar-refractivity contribution < 1.29 is 0 Å². The van der Waals surface area contributed by atoms with Crippen molar-refractivity contribution in [3.05, 3.63) is 62.7 Å². The minimum Gasteiger partial charge on any atom is -0.365 e. The number of hydrogen-bond acceptors (Lipinski definition) is 2. The number of anilines is 1. The topological polar surface area (TPSA) is 15.3 Å². The predicted octanol–water partition coefficient (Wildman–Crippen LogP) is 4.48. The largest absolute Gasteiger partial charge is 0.365 e. The molecule has 1 fully saturated rings. The second-order valence-electron chi connectivity index (χ2n) is 5.47. The SMILES string of the molecule is CC1CNC(c2ccccc2)CN1c1ccc(Cl)cc1I. The Bertz CT molecular complexity index is 617. The van der Waals surface area contributed by atoms with Gasteiger partial charge in [-0.1, -0.05) is 41.9 Å². The van der Waals surface area contributed by atoms with Crippen molar-refractivity contribution in [2.45, 2.75) is 19.0 Å². The quantitative estimate of drug-likeness (QED) is 0.732. The minimum absolute atomic E-state index is 0.369. The second-order valence-corrected chi connectivity index (χ2v) is 7.07. The molecule has 0 amide bonds. The number of nitrogens with one attached hydrogen (secondary N) is 1. The van der Waals surface area contributed by atoms with Gasteiger partial charge in [0, 0.05) is 33.8 Å². The van der Waals surface area contributed by atoms with Crippen molar-refractivity contribution in [2.24, 2.45) is 0 Å². The highest BCUT2D eigenvalue weighted by Crippen LogP contribution is 2.30. The van der Waals surface area contributed by atoms with Crippen LogP contribution in [0.3, 0.4) is 0 Å². The van der Waals surface area contributed by atoms with Gasteiger partial charge in [-0.3, -0.25) is 0 Å². The molecule has 3 rings (SSSR count). The second kappa shape index (κ2) is 6.55. The average molecular weight is 413 g/mol. The van der Waals surface area contributed by atoms with Crippen LogP contribution < -0.4 is 10.2 Å². The van der Waals surface area contributed by atoms with Crippen LogP contribution in [0.2, 0.25) is 5.02 Å². The van der Waals surface area contributed by atoms with Crippen molar-refractivity contribution in [1.29, 1.82) is 0 Å². The number of benzene rings is 2. The lowest BCUT2D eigenvalue weighted by molar-refractivity contribution is 0.414. The Kier molecular flexibility index (Phi) is 4.72. The molecule has 1 aliphatic rings. The summed E-state index contributed by atoms with van der Waals surface area (Å²) in [5.74, 6) is 0. The number of nitrogens with zero attached hydrogens (tertiary/aromatic N) is 1. The summed E-state index contributed by atoms with van der Waals surface area (Å²) in [6.07, 6.45) is 0. The molecule has 0 saturated carbocycles. The van der Waals surface area contributed by atoms with Crippen LogP contribution in [0, 0.1) is 3.57 Å². The lowest BCUT2D eigenvalue weighted by atomic mass is 10.0. The fourth-order valence-corrected chi connectivity index (χ4v) is 4.00. The Balaban J connectivity index is 1.87. The molecule has 2 atom stereocenters. The molecular weight excluding hydrogens is 395 g/mol. The Morgan fingerprint density at radius 1 is 1.19 bits per heavy atom. The molecule has 2 nitrogen and oxygen atoms in total. The van der Waals surface area contributed by atoms with Gasteiger partial charge in [0.15, 0.2) is 0 Å². The summed E-state index contributed by atoms with van der Waals surface area (Å²) in [7, 11) is 0. The number of halogens is 2. The summed E-state index contributed by atoms with van der Waals surface area (Å²) in [6, 6.07) is 17.6. The first-order chi connectivity index (χ1) is 10.1. The lowest BCUT2D eigenvalue weighted by Gasteiger charge is -2.41. The minimum atomic E-state index is 0.369. The maximum absolute atomic E-state index is 6.08. The first-order valence-electron chi connectivity index (χ1n) is 7.15. The Hall–Kier alpha value is -0.780. The zero-order valence-electron chi connectivity index (χ0n) is 11.9. The molecule has 1 aliphatic heterocycles. The highest BCUT2D eigenvalue weighted by molar-refractivity contribution is 14.1. The van der Waals surface area contributed by atoms with E-state index in [9.17, 15) is 0 Å². The molecule has 1 heterocycles. The van der Waals surface area contributed by atoms with Crippen LogP contribution in [-0.4, -0.2) is 19.1 Å². The Labute approximate surface area is 144 Å². The zero-order valence-corrected chi connectivity index (χ0v) is 14.8. The van der Waals surface area contributed by atoms with Crippen LogP contribution in [-0.2, 0) is 0 Å². The van der Waals surface area contributed by atoms with E-state index < -0.39 is 0 Å². The van der Waals surface area contributed by atoms with Crippen molar-refractivity contribution in [3.63, 3.8) is 0 Å². The van der Waals surface area contributed by atoms with E-state index in [2.05, 4.69) is 76.1 Å².